The van der Waals surface area contributed by atoms with Crippen molar-refractivity contribution in [2.75, 3.05) is 50.0 Å². The van der Waals surface area contributed by atoms with Crippen LogP contribution >= 0.6 is 0 Å². The lowest BCUT2D eigenvalue weighted by molar-refractivity contribution is 0.247. The fourth-order valence-corrected chi connectivity index (χ4v) is 2.72. The molecule has 1 saturated heterocycles. The molecule has 3 N–H and O–H groups in total. The van der Waals surface area contributed by atoms with Crippen LogP contribution in [0, 0.1) is 0 Å². The van der Waals surface area contributed by atoms with Gasteiger partial charge < -0.3 is 15.7 Å². The predicted octanol–water partition coefficient (Wildman–Crippen LogP) is 1.94. The first kappa shape index (κ1) is 15.1. The number of piperazine rings is 1. The fourth-order valence-electron chi connectivity index (χ4n) is 2.72. The summed E-state index contributed by atoms with van der Waals surface area (Å²) in [5, 5.41) is 8.75. The minimum atomic E-state index is 0.334. The van der Waals surface area contributed by atoms with E-state index in [0.717, 1.165) is 44.7 Å². The number of hydrogen-bond donors (Lipinski definition) is 2. The largest absolute Gasteiger partial charge is 0.399 e. The van der Waals surface area contributed by atoms with Gasteiger partial charge in [0.25, 0.3) is 0 Å². The van der Waals surface area contributed by atoms with Gasteiger partial charge in [0, 0.05) is 44.2 Å². The van der Waals surface area contributed by atoms with Crippen LogP contribution in [0.25, 0.3) is 0 Å². The van der Waals surface area contributed by atoms with Gasteiger partial charge in [-0.2, -0.15) is 0 Å². The molecule has 1 aliphatic heterocycles. The molecule has 0 aliphatic carbocycles. The molecule has 1 heterocycles. The van der Waals surface area contributed by atoms with Crippen LogP contribution in [0.2, 0.25) is 0 Å². The SMILES string of the molecule is Nc1ccc(N2CCN(CCCCCCO)CC2)cc1. The number of benzene rings is 1. The molecule has 1 aromatic carbocycles. The van der Waals surface area contributed by atoms with E-state index < -0.39 is 0 Å². The Morgan fingerprint density at radius 3 is 2.20 bits per heavy atom. The van der Waals surface area contributed by atoms with Crippen LogP contribution in [0.1, 0.15) is 25.7 Å². The molecule has 0 radical (unpaired) electrons. The summed E-state index contributed by atoms with van der Waals surface area (Å²) in [4.78, 5) is 4.98. The van der Waals surface area contributed by atoms with E-state index in [9.17, 15) is 0 Å². The van der Waals surface area contributed by atoms with Crippen molar-refractivity contribution in [1.82, 2.24) is 4.90 Å². The molecule has 0 saturated carbocycles. The Balaban J connectivity index is 1.66. The Hall–Kier alpha value is -1.26. The van der Waals surface area contributed by atoms with E-state index in [1.165, 1.54) is 25.1 Å². The number of unbranched alkanes of at least 4 members (excludes halogenated alkanes) is 3. The standard InChI is InChI=1S/C16H27N3O/c17-15-5-7-16(8-6-15)19-12-10-18(11-13-19)9-3-1-2-4-14-20/h5-8,20H,1-4,9-14,17H2. The van der Waals surface area contributed by atoms with E-state index in [1.54, 1.807) is 0 Å². The smallest absolute Gasteiger partial charge is 0.0431 e. The van der Waals surface area contributed by atoms with Crippen molar-refractivity contribution in [1.29, 1.82) is 0 Å². The number of rotatable bonds is 7. The second kappa shape index (κ2) is 8.12. The van der Waals surface area contributed by atoms with Gasteiger partial charge in [0.2, 0.25) is 0 Å². The zero-order valence-electron chi connectivity index (χ0n) is 12.3. The van der Waals surface area contributed by atoms with Crippen molar-refractivity contribution in [3.05, 3.63) is 24.3 Å². The summed E-state index contributed by atoms with van der Waals surface area (Å²) in [6.45, 7) is 6.01. The summed E-state index contributed by atoms with van der Waals surface area (Å²) >= 11 is 0. The van der Waals surface area contributed by atoms with Crippen LogP contribution in [0.5, 0.6) is 0 Å². The highest BCUT2D eigenvalue weighted by atomic mass is 16.2. The lowest BCUT2D eigenvalue weighted by atomic mass is 10.2. The average molecular weight is 277 g/mol. The van der Waals surface area contributed by atoms with Crippen molar-refractivity contribution < 1.29 is 5.11 Å². The van der Waals surface area contributed by atoms with E-state index in [2.05, 4.69) is 21.9 Å². The first-order chi connectivity index (χ1) is 9.79. The van der Waals surface area contributed by atoms with Gasteiger partial charge in [-0.25, -0.2) is 0 Å². The Labute approximate surface area is 122 Å². The maximum Gasteiger partial charge on any atom is 0.0431 e. The minimum Gasteiger partial charge on any atom is -0.399 e. The number of hydrogen-bond acceptors (Lipinski definition) is 4. The number of nitrogens with two attached hydrogens (primary N) is 1. The van der Waals surface area contributed by atoms with E-state index in [1.807, 2.05) is 12.1 Å². The third-order valence-electron chi connectivity index (χ3n) is 4.01. The molecule has 4 heteroatoms. The van der Waals surface area contributed by atoms with Crippen molar-refractivity contribution in [3.8, 4) is 0 Å². The fraction of sp³-hybridized carbons (Fsp3) is 0.625. The highest BCUT2D eigenvalue weighted by Crippen LogP contribution is 2.18. The summed E-state index contributed by atoms with van der Waals surface area (Å²) in [5.41, 5.74) is 7.83. The van der Waals surface area contributed by atoms with Crippen molar-refractivity contribution >= 4 is 11.4 Å². The second-order valence-corrected chi connectivity index (χ2v) is 5.56. The Kier molecular flexibility index (Phi) is 6.15. The monoisotopic (exact) mass is 277 g/mol. The molecular formula is C16H27N3O. The third-order valence-corrected chi connectivity index (χ3v) is 4.01. The van der Waals surface area contributed by atoms with Crippen molar-refractivity contribution in [2.24, 2.45) is 0 Å². The summed E-state index contributed by atoms with van der Waals surface area (Å²) in [6, 6.07) is 8.17. The number of aliphatic hydroxyl groups excluding tert-OH is 1. The molecular weight excluding hydrogens is 250 g/mol. The second-order valence-electron chi connectivity index (χ2n) is 5.56. The lowest BCUT2D eigenvalue weighted by Crippen LogP contribution is -2.46. The Bertz CT molecular complexity index is 372. The highest BCUT2D eigenvalue weighted by molar-refractivity contribution is 5.53. The summed E-state index contributed by atoms with van der Waals surface area (Å²) in [7, 11) is 0. The molecule has 0 unspecified atom stereocenters. The van der Waals surface area contributed by atoms with Crippen LogP contribution in [-0.4, -0.2) is 49.3 Å². The quantitative estimate of drug-likeness (QED) is 0.591. The zero-order chi connectivity index (χ0) is 14.2. The van der Waals surface area contributed by atoms with Gasteiger partial charge in [-0.05, 0) is 43.7 Å². The van der Waals surface area contributed by atoms with Gasteiger partial charge in [0.05, 0.1) is 0 Å². The van der Waals surface area contributed by atoms with Gasteiger partial charge in [0.1, 0.15) is 0 Å². The third kappa shape index (κ3) is 4.69. The molecule has 112 valence electrons. The van der Waals surface area contributed by atoms with Crippen LogP contribution < -0.4 is 10.6 Å². The molecule has 1 aliphatic rings. The van der Waals surface area contributed by atoms with Gasteiger partial charge in [0.15, 0.2) is 0 Å². The number of nitrogens with zero attached hydrogens (tertiary/aromatic N) is 2. The summed E-state index contributed by atoms with van der Waals surface area (Å²) in [6.07, 6.45) is 4.59. The summed E-state index contributed by atoms with van der Waals surface area (Å²) < 4.78 is 0. The molecule has 0 spiro atoms. The number of nitrogen functional groups attached to an aromatic ring is 1. The van der Waals surface area contributed by atoms with Gasteiger partial charge in [-0.15, -0.1) is 0 Å². The number of anilines is 2. The molecule has 20 heavy (non-hydrogen) atoms. The van der Waals surface area contributed by atoms with E-state index in [-0.39, 0.29) is 0 Å². The minimum absolute atomic E-state index is 0.334. The first-order valence-corrected chi connectivity index (χ1v) is 7.73. The highest BCUT2D eigenvalue weighted by Gasteiger charge is 2.16. The molecule has 4 nitrogen and oxygen atoms in total. The van der Waals surface area contributed by atoms with Crippen LogP contribution in [0.3, 0.4) is 0 Å². The topological polar surface area (TPSA) is 52.7 Å². The zero-order valence-corrected chi connectivity index (χ0v) is 12.3. The van der Waals surface area contributed by atoms with Crippen molar-refractivity contribution in [3.63, 3.8) is 0 Å². The molecule has 0 bridgehead atoms. The molecule has 0 aromatic heterocycles. The Morgan fingerprint density at radius 1 is 0.900 bits per heavy atom. The van der Waals surface area contributed by atoms with Gasteiger partial charge >= 0.3 is 0 Å². The van der Waals surface area contributed by atoms with E-state index in [0.29, 0.717) is 6.61 Å². The average Bonchev–Trinajstić information content (AvgIpc) is 2.49. The molecule has 2 rings (SSSR count). The molecule has 0 atom stereocenters. The normalized spacial score (nSPS) is 16.6. The van der Waals surface area contributed by atoms with E-state index >= 15 is 0 Å². The predicted molar refractivity (Wildman–Crippen MR) is 85.1 cm³/mol. The van der Waals surface area contributed by atoms with Crippen LogP contribution in [0.4, 0.5) is 11.4 Å². The van der Waals surface area contributed by atoms with Crippen molar-refractivity contribution in [2.45, 2.75) is 25.7 Å². The van der Waals surface area contributed by atoms with Gasteiger partial charge in [-0.1, -0.05) is 12.8 Å². The number of aliphatic hydroxyl groups is 1. The first-order valence-electron chi connectivity index (χ1n) is 7.73. The van der Waals surface area contributed by atoms with Gasteiger partial charge in [-0.3, -0.25) is 4.90 Å². The Morgan fingerprint density at radius 2 is 1.55 bits per heavy atom. The van der Waals surface area contributed by atoms with Crippen LogP contribution in [-0.2, 0) is 0 Å². The van der Waals surface area contributed by atoms with E-state index in [4.69, 9.17) is 10.8 Å². The summed E-state index contributed by atoms with van der Waals surface area (Å²) in [5.74, 6) is 0. The maximum atomic E-state index is 8.75. The lowest BCUT2D eigenvalue weighted by Gasteiger charge is -2.36. The molecule has 1 fully saturated rings. The molecule has 0 amide bonds. The molecule has 1 aromatic rings. The van der Waals surface area contributed by atoms with Crippen LogP contribution in [0.15, 0.2) is 24.3 Å². The maximum absolute atomic E-state index is 8.75.